The number of rotatable bonds is 5. The highest BCUT2D eigenvalue weighted by Gasteiger charge is 2.07. The Morgan fingerprint density at radius 2 is 2.33 bits per heavy atom. The second-order valence-electron chi connectivity index (χ2n) is 3.38. The molecule has 0 aliphatic rings. The molecule has 0 amide bonds. The number of carboxylic acids is 1. The lowest BCUT2D eigenvalue weighted by molar-refractivity contribution is -0.137. The number of anilines is 1. The molecule has 2 N–H and O–H groups in total. The fraction of sp³-hybridized carbons (Fsp3) is 0.364. The van der Waals surface area contributed by atoms with E-state index in [0.29, 0.717) is 0 Å². The van der Waals surface area contributed by atoms with Gasteiger partial charge in [0.2, 0.25) is 0 Å². The number of methoxy groups -OCH3 is 1. The van der Waals surface area contributed by atoms with Crippen LogP contribution in [-0.4, -0.2) is 24.2 Å². The van der Waals surface area contributed by atoms with Gasteiger partial charge < -0.3 is 15.2 Å². The summed E-state index contributed by atoms with van der Waals surface area (Å²) in [5.41, 5.74) is 0.864. The first-order valence-electron chi connectivity index (χ1n) is 4.74. The number of nitrogens with one attached hydrogen (secondary N) is 1. The van der Waals surface area contributed by atoms with Crippen molar-refractivity contribution in [3.8, 4) is 5.75 Å². The number of carbonyl (C=O) groups is 1. The third-order valence-corrected chi connectivity index (χ3v) is 1.96. The Morgan fingerprint density at radius 3 is 2.93 bits per heavy atom. The zero-order valence-electron chi connectivity index (χ0n) is 8.86. The maximum atomic E-state index is 10.5. The molecule has 0 bridgehead atoms. The minimum atomic E-state index is -0.808. The van der Waals surface area contributed by atoms with E-state index in [9.17, 15) is 4.79 Å². The molecule has 82 valence electrons. The Morgan fingerprint density at radius 1 is 1.60 bits per heavy atom. The predicted molar refractivity (Wildman–Crippen MR) is 58.3 cm³/mol. The van der Waals surface area contributed by atoms with Gasteiger partial charge in [-0.05, 0) is 19.1 Å². The van der Waals surface area contributed by atoms with Gasteiger partial charge in [0.1, 0.15) is 5.75 Å². The lowest BCUT2D eigenvalue weighted by Gasteiger charge is -2.13. The first-order valence-corrected chi connectivity index (χ1v) is 4.74. The van der Waals surface area contributed by atoms with Crippen molar-refractivity contribution in [1.29, 1.82) is 0 Å². The molecule has 0 saturated heterocycles. The second-order valence-corrected chi connectivity index (χ2v) is 3.38. The van der Waals surface area contributed by atoms with Gasteiger partial charge in [0, 0.05) is 17.8 Å². The molecule has 1 aromatic carbocycles. The number of hydrogen-bond acceptors (Lipinski definition) is 3. The van der Waals surface area contributed by atoms with Gasteiger partial charge in [0.15, 0.2) is 0 Å². The van der Waals surface area contributed by atoms with Crippen LogP contribution in [0.3, 0.4) is 0 Å². The Bertz CT molecular complexity index is 338. The minimum absolute atomic E-state index is 0.0945. The van der Waals surface area contributed by atoms with Crippen LogP contribution in [0.15, 0.2) is 24.3 Å². The molecule has 15 heavy (non-hydrogen) atoms. The van der Waals surface area contributed by atoms with E-state index in [2.05, 4.69) is 5.32 Å². The quantitative estimate of drug-likeness (QED) is 0.778. The standard InChI is InChI=1S/C11H15NO3/c1-8(6-11(13)14)12-9-4-3-5-10(7-9)15-2/h3-5,7-8,12H,6H2,1-2H3,(H,13,14). The third kappa shape index (κ3) is 3.89. The van der Waals surface area contributed by atoms with Gasteiger partial charge in [-0.1, -0.05) is 6.07 Å². The van der Waals surface area contributed by atoms with E-state index in [0.717, 1.165) is 11.4 Å². The molecule has 0 aromatic heterocycles. The van der Waals surface area contributed by atoms with E-state index in [1.54, 1.807) is 7.11 Å². The van der Waals surface area contributed by atoms with Crippen LogP contribution in [0.5, 0.6) is 5.75 Å². The third-order valence-electron chi connectivity index (χ3n) is 1.96. The zero-order chi connectivity index (χ0) is 11.3. The molecule has 0 radical (unpaired) electrons. The summed E-state index contributed by atoms with van der Waals surface area (Å²) in [5.74, 6) is -0.0552. The van der Waals surface area contributed by atoms with Crippen molar-refractivity contribution < 1.29 is 14.6 Å². The van der Waals surface area contributed by atoms with Crippen LogP contribution in [0, 0.1) is 0 Å². The molecule has 0 fully saturated rings. The van der Waals surface area contributed by atoms with Gasteiger partial charge in [-0.2, -0.15) is 0 Å². The van der Waals surface area contributed by atoms with Crippen LogP contribution >= 0.6 is 0 Å². The first kappa shape index (κ1) is 11.4. The van der Waals surface area contributed by atoms with Crippen LogP contribution in [0.2, 0.25) is 0 Å². The normalized spacial score (nSPS) is 11.9. The summed E-state index contributed by atoms with van der Waals surface area (Å²) in [6.45, 7) is 1.83. The van der Waals surface area contributed by atoms with Crippen LogP contribution < -0.4 is 10.1 Å². The zero-order valence-corrected chi connectivity index (χ0v) is 8.86. The Kier molecular flexibility index (Phi) is 3.97. The molecule has 1 atom stereocenters. The summed E-state index contributed by atoms with van der Waals surface area (Å²) in [4.78, 5) is 10.5. The van der Waals surface area contributed by atoms with E-state index in [-0.39, 0.29) is 12.5 Å². The van der Waals surface area contributed by atoms with Gasteiger partial charge in [-0.15, -0.1) is 0 Å². The number of hydrogen-bond donors (Lipinski definition) is 2. The van der Waals surface area contributed by atoms with Gasteiger partial charge in [0.25, 0.3) is 0 Å². The van der Waals surface area contributed by atoms with Crippen LogP contribution in [0.1, 0.15) is 13.3 Å². The molecule has 0 spiro atoms. The van der Waals surface area contributed by atoms with Gasteiger partial charge in [0.05, 0.1) is 13.5 Å². The summed E-state index contributed by atoms with van der Waals surface area (Å²) < 4.78 is 5.06. The molecule has 0 aliphatic carbocycles. The number of benzene rings is 1. The van der Waals surface area contributed by atoms with Crippen molar-refractivity contribution >= 4 is 11.7 Å². The van der Waals surface area contributed by atoms with Crippen molar-refractivity contribution in [3.63, 3.8) is 0 Å². The number of ether oxygens (including phenoxy) is 1. The smallest absolute Gasteiger partial charge is 0.305 e. The van der Waals surface area contributed by atoms with Crippen LogP contribution in [0.25, 0.3) is 0 Å². The monoisotopic (exact) mass is 209 g/mol. The molecule has 1 unspecified atom stereocenters. The van der Waals surface area contributed by atoms with Crippen LogP contribution in [-0.2, 0) is 4.79 Å². The summed E-state index contributed by atoms with van der Waals surface area (Å²) >= 11 is 0. The Hall–Kier alpha value is -1.71. The van der Waals surface area contributed by atoms with Crippen molar-refractivity contribution in [2.24, 2.45) is 0 Å². The average molecular weight is 209 g/mol. The maximum Gasteiger partial charge on any atom is 0.305 e. The van der Waals surface area contributed by atoms with Crippen molar-refractivity contribution in [2.45, 2.75) is 19.4 Å². The SMILES string of the molecule is COc1cccc(NC(C)CC(=O)O)c1. The molecule has 4 heteroatoms. The topological polar surface area (TPSA) is 58.6 Å². The van der Waals surface area contributed by atoms with Gasteiger partial charge in [-0.25, -0.2) is 0 Å². The van der Waals surface area contributed by atoms with Gasteiger partial charge >= 0.3 is 5.97 Å². The summed E-state index contributed by atoms with van der Waals surface area (Å²) in [6.07, 6.45) is 0.0945. The Labute approximate surface area is 88.9 Å². The molecular formula is C11H15NO3. The Balaban J connectivity index is 2.59. The molecule has 1 rings (SSSR count). The predicted octanol–water partition coefficient (Wildman–Crippen LogP) is 1.97. The average Bonchev–Trinajstić information content (AvgIpc) is 2.16. The summed E-state index contributed by atoms with van der Waals surface area (Å²) in [5, 5.41) is 11.7. The van der Waals surface area contributed by atoms with E-state index in [4.69, 9.17) is 9.84 Å². The highest BCUT2D eigenvalue weighted by atomic mass is 16.5. The highest BCUT2D eigenvalue weighted by molar-refractivity contribution is 5.68. The summed E-state index contributed by atoms with van der Waals surface area (Å²) in [6, 6.07) is 7.30. The van der Waals surface area contributed by atoms with Crippen LogP contribution in [0.4, 0.5) is 5.69 Å². The van der Waals surface area contributed by atoms with E-state index < -0.39 is 5.97 Å². The first-order chi connectivity index (χ1) is 7.11. The fourth-order valence-corrected chi connectivity index (χ4v) is 1.31. The van der Waals surface area contributed by atoms with E-state index in [1.165, 1.54) is 0 Å². The van der Waals surface area contributed by atoms with E-state index >= 15 is 0 Å². The molecule has 4 nitrogen and oxygen atoms in total. The lowest BCUT2D eigenvalue weighted by Crippen LogP contribution is -2.19. The number of aliphatic carboxylic acids is 1. The van der Waals surface area contributed by atoms with Crippen molar-refractivity contribution in [3.05, 3.63) is 24.3 Å². The largest absolute Gasteiger partial charge is 0.497 e. The molecule has 1 aromatic rings. The second kappa shape index (κ2) is 5.24. The molecule has 0 aliphatic heterocycles. The highest BCUT2D eigenvalue weighted by Crippen LogP contribution is 2.17. The van der Waals surface area contributed by atoms with Crippen molar-refractivity contribution in [2.75, 3.05) is 12.4 Å². The molecular weight excluding hydrogens is 194 g/mol. The maximum absolute atomic E-state index is 10.5. The fourth-order valence-electron chi connectivity index (χ4n) is 1.31. The molecule has 0 heterocycles. The van der Waals surface area contributed by atoms with E-state index in [1.807, 2.05) is 31.2 Å². The van der Waals surface area contributed by atoms with Gasteiger partial charge in [-0.3, -0.25) is 4.79 Å². The van der Waals surface area contributed by atoms with Crippen molar-refractivity contribution in [1.82, 2.24) is 0 Å². The lowest BCUT2D eigenvalue weighted by atomic mass is 10.2. The summed E-state index contributed by atoms with van der Waals surface area (Å²) in [7, 11) is 1.60. The number of carboxylic acid groups (broad SMARTS) is 1. The molecule has 0 saturated carbocycles. The minimum Gasteiger partial charge on any atom is -0.497 e.